The van der Waals surface area contributed by atoms with Crippen molar-refractivity contribution < 1.29 is 29.1 Å². The minimum absolute atomic E-state index is 0.0169. The molecule has 43 heavy (non-hydrogen) atoms. The van der Waals surface area contributed by atoms with Crippen molar-refractivity contribution in [1.29, 1.82) is 0 Å². The standard InChI is InChI=1S/C30H38N6O6S/c1-43-14-13-21(31)27(38)34-23(11-12-26(32)37)28(39)35-24(16-19-17-33-22-10-6-5-9-20(19)22)29(40)36-25(30(41)42)15-18-7-3-2-4-8-18/h2-10,17,21,23-25,33H,11-16,31H2,1H3,(H2,32,37)(H,34,38)(H,35,39)(H,36,40)(H,41,42). The molecule has 1 aromatic heterocycles. The third-order valence-corrected chi connectivity index (χ3v) is 7.56. The zero-order valence-corrected chi connectivity index (χ0v) is 24.7. The van der Waals surface area contributed by atoms with Gasteiger partial charge in [0, 0.05) is 36.4 Å². The molecule has 0 saturated heterocycles. The summed E-state index contributed by atoms with van der Waals surface area (Å²) in [6.07, 6.45) is 3.70. The van der Waals surface area contributed by atoms with Crippen LogP contribution in [0.1, 0.15) is 30.4 Å². The first kappa shape index (κ1) is 33.1. The first-order valence-electron chi connectivity index (χ1n) is 13.8. The van der Waals surface area contributed by atoms with Crippen molar-refractivity contribution in [2.45, 2.75) is 56.3 Å². The predicted molar refractivity (Wildman–Crippen MR) is 165 cm³/mol. The molecular formula is C30H38N6O6S. The van der Waals surface area contributed by atoms with E-state index in [1.807, 2.05) is 30.5 Å². The number of aliphatic carboxylic acids is 1. The molecule has 9 N–H and O–H groups in total. The minimum Gasteiger partial charge on any atom is -0.480 e. The van der Waals surface area contributed by atoms with Gasteiger partial charge in [0.05, 0.1) is 6.04 Å². The van der Waals surface area contributed by atoms with E-state index in [2.05, 4.69) is 20.9 Å². The number of carbonyl (C=O) groups excluding carboxylic acids is 4. The highest BCUT2D eigenvalue weighted by Crippen LogP contribution is 2.19. The van der Waals surface area contributed by atoms with Gasteiger partial charge in [-0.2, -0.15) is 11.8 Å². The number of carboxylic acid groups (broad SMARTS) is 1. The largest absolute Gasteiger partial charge is 0.480 e. The second-order valence-corrected chi connectivity index (χ2v) is 11.2. The normalized spacial score (nSPS) is 13.8. The third kappa shape index (κ3) is 10.1. The number of carboxylic acids is 1. The fraction of sp³-hybridized carbons (Fsp3) is 0.367. The third-order valence-electron chi connectivity index (χ3n) is 6.91. The molecule has 3 aromatic rings. The first-order chi connectivity index (χ1) is 20.6. The predicted octanol–water partition coefficient (Wildman–Crippen LogP) is 0.838. The quantitative estimate of drug-likeness (QED) is 0.116. The second-order valence-electron chi connectivity index (χ2n) is 10.2. The number of hydrogen-bond acceptors (Lipinski definition) is 7. The molecule has 12 nitrogen and oxygen atoms in total. The number of nitrogens with two attached hydrogens (primary N) is 2. The highest BCUT2D eigenvalue weighted by Gasteiger charge is 2.31. The lowest BCUT2D eigenvalue weighted by atomic mass is 10.0. The maximum atomic E-state index is 13.6. The van der Waals surface area contributed by atoms with Gasteiger partial charge in [-0.1, -0.05) is 48.5 Å². The Hall–Kier alpha value is -4.36. The number of para-hydroxylation sites is 1. The van der Waals surface area contributed by atoms with Gasteiger partial charge in [-0.3, -0.25) is 19.2 Å². The van der Waals surface area contributed by atoms with Gasteiger partial charge in [0.15, 0.2) is 0 Å². The number of fused-ring (bicyclic) bond motifs is 1. The van der Waals surface area contributed by atoms with Crippen LogP contribution in [0.25, 0.3) is 10.9 Å². The van der Waals surface area contributed by atoms with E-state index < -0.39 is 53.8 Å². The number of benzene rings is 2. The molecule has 4 amide bonds. The number of aromatic amines is 1. The van der Waals surface area contributed by atoms with Crippen molar-refractivity contribution in [2.75, 3.05) is 12.0 Å². The van der Waals surface area contributed by atoms with Crippen molar-refractivity contribution >= 4 is 52.3 Å². The molecule has 3 rings (SSSR count). The monoisotopic (exact) mass is 610 g/mol. The lowest BCUT2D eigenvalue weighted by Crippen LogP contribution is -2.58. The highest BCUT2D eigenvalue weighted by molar-refractivity contribution is 7.98. The maximum absolute atomic E-state index is 13.6. The number of aromatic nitrogens is 1. The summed E-state index contributed by atoms with van der Waals surface area (Å²) >= 11 is 1.52. The molecule has 0 aliphatic rings. The first-order valence-corrected chi connectivity index (χ1v) is 15.2. The van der Waals surface area contributed by atoms with Crippen molar-refractivity contribution in [1.82, 2.24) is 20.9 Å². The van der Waals surface area contributed by atoms with Crippen LogP contribution in [-0.4, -0.2) is 75.9 Å². The van der Waals surface area contributed by atoms with Crippen LogP contribution in [0, 0.1) is 0 Å². The Morgan fingerprint density at radius 2 is 1.47 bits per heavy atom. The number of nitrogens with one attached hydrogen (secondary N) is 4. The fourth-order valence-electron chi connectivity index (χ4n) is 4.53. The number of thioether (sulfide) groups is 1. The van der Waals surface area contributed by atoms with E-state index in [-0.39, 0.29) is 25.7 Å². The fourth-order valence-corrected chi connectivity index (χ4v) is 5.02. The van der Waals surface area contributed by atoms with Crippen LogP contribution in [-0.2, 0) is 36.8 Å². The molecule has 1 heterocycles. The smallest absolute Gasteiger partial charge is 0.326 e. The number of H-pyrrole nitrogens is 1. The number of carbonyl (C=O) groups is 5. The van der Waals surface area contributed by atoms with Gasteiger partial charge in [0.2, 0.25) is 23.6 Å². The van der Waals surface area contributed by atoms with E-state index in [9.17, 15) is 29.1 Å². The molecule has 13 heteroatoms. The molecule has 0 radical (unpaired) electrons. The SMILES string of the molecule is CSCCC(N)C(=O)NC(CCC(N)=O)C(=O)NC(Cc1c[nH]c2ccccc12)C(=O)NC(Cc1ccccc1)C(=O)O. The number of hydrogen-bond donors (Lipinski definition) is 7. The van der Waals surface area contributed by atoms with Crippen LogP contribution in [0.2, 0.25) is 0 Å². The van der Waals surface area contributed by atoms with Crippen molar-refractivity contribution in [2.24, 2.45) is 11.5 Å². The molecule has 0 aliphatic heterocycles. The van der Waals surface area contributed by atoms with Crippen molar-refractivity contribution in [3.05, 3.63) is 71.9 Å². The Kier molecular flexibility index (Phi) is 12.6. The van der Waals surface area contributed by atoms with Crippen molar-refractivity contribution in [3.63, 3.8) is 0 Å². The van der Waals surface area contributed by atoms with E-state index in [0.717, 1.165) is 10.9 Å². The summed E-state index contributed by atoms with van der Waals surface area (Å²) in [5.74, 6) is -3.31. The average Bonchev–Trinajstić information content (AvgIpc) is 3.40. The Balaban J connectivity index is 1.85. The van der Waals surface area contributed by atoms with Gasteiger partial charge < -0.3 is 37.5 Å². The molecular weight excluding hydrogens is 572 g/mol. The Morgan fingerprint density at radius 1 is 0.837 bits per heavy atom. The summed E-state index contributed by atoms with van der Waals surface area (Å²) in [5.41, 5.74) is 13.5. The molecule has 0 aliphatic carbocycles. The van der Waals surface area contributed by atoms with Gasteiger partial charge >= 0.3 is 5.97 Å². The topological polar surface area (TPSA) is 209 Å². The van der Waals surface area contributed by atoms with Crippen LogP contribution in [0.5, 0.6) is 0 Å². The van der Waals surface area contributed by atoms with Crippen LogP contribution in [0.3, 0.4) is 0 Å². The summed E-state index contributed by atoms with van der Waals surface area (Å²) in [4.78, 5) is 66.6. The lowest BCUT2D eigenvalue weighted by Gasteiger charge is -2.25. The zero-order valence-electron chi connectivity index (χ0n) is 23.9. The van der Waals surface area contributed by atoms with Gasteiger partial charge in [0.25, 0.3) is 0 Å². The van der Waals surface area contributed by atoms with Gasteiger partial charge in [-0.25, -0.2) is 4.79 Å². The summed E-state index contributed by atoms with van der Waals surface area (Å²) in [7, 11) is 0. The summed E-state index contributed by atoms with van der Waals surface area (Å²) in [6.45, 7) is 0. The van der Waals surface area contributed by atoms with Crippen molar-refractivity contribution in [3.8, 4) is 0 Å². The minimum atomic E-state index is -1.27. The van der Waals surface area contributed by atoms with Crippen LogP contribution >= 0.6 is 11.8 Å². The molecule has 4 atom stereocenters. The average molecular weight is 611 g/mol. The maximum Gasteiger partial charge on any atom is 0.326 e. The van der Waals surface area contributed by atoms with Crippen LogP contribution < -0.4 is 27.4 Å². The molecule has 4 unspecified atom stereocenters. The Bertz CT molecular complexity index is 1410. The lowest BCUT2D eigenvalue weighted by molar-refractivity contribution is -0.142. The zero-order chi connectivity index (χ0) is 31.4. The Morgan fingerprint density at radius 3 is 2.14 bits per heavy atom. The van der Waals surface area contributed by atoms with E-state index in [1.165, 1.54) is 11.8 Å². The number of amides is 4. The molecule has 230 valence electrons. The summed E-state index contributed by atoms with van der Waals surface area (Å²) in [5, 5.41) is 18.5. The molecule has 0 bridgehead atoms. The van der Waals surface area contributed by atoms with Gasteiger partial charge in [-0.05, 0) is 42.0 Å². The Labute approximate surface area is 253 Å². The van der Waals surface area contributed by atoms with Gasteiger partial charge in [0.1, 0.15) is 18.1 Å². The molecule has 2 aromatic carbocycles. The van der Waals surface area contributed by atoms with E-state index in [0.29, 0.717) is 23.3 Å². The van der Waals surface area contributed by atoms with E-state index in [1.54, 1.807) is 36.5 Å². The molecule has 0 saturated carbocycles. The van der Waals surface area contributed by atoms with Crippen LogP contribution in [0.4, 0.5) is 0 Å². The molecule has 0 spiro atoms. The number of primary amides is 1. The summed E-state index contributed by atoms with van der Waals surface area (Å²) in [6, 6.07) is 11.7. The van der Waals surface area contributed by atoms with E-state index in [4.69, 9.17) is 11.5 Å². The van der Waals surface area contributed by atoms with Gasteiger partial charge in [-0.15, -0.1) is 0 Å². The molecule has 0 fully saturated rings. The van der Waals surface area contributed by atoms with E-state index >= 15 is 0 Å². The number of rotatable bonds is 17. The highest BCUT2D eigenvalue weighted by atomic mass is 32.2. The second kappa shape index (κ2) is 16.3. The van der Waals surface area contributed by atoms with Crippen LogP contribution in [0.15, 0.2) is 60.8 Å². The summed E-state index contributed by atoms with van der Waals surface area (Å²) < 4.78 is 0.